The fourth-order valence-electron chi connectivity index (χ4n) is 1.48. The Morgan fingerprint density at radius 1 is 1.69 bits per heavy atom. The highest BCUT2D eigenvalue weighted by molar-refractivity contribution is 5.74. The highest BCUT2D eigenvalue weighted by Crippen LogP contribution is 2.05. The van der Waals surface area contributed by atoms with Crippen LogP contribution in [0.2, 0.25) is 0 Å². The van der Waals surface area contributed by atoms with Crippen LogP contribution in [-0.2, 0) is 0 Å². The van der Waals surface area contributed by atoms with Crippen LogP contribution in [0.5, 0.6) is 0 Å². The van der Waals surface area contributed by atoms with Crippen LogP contribution in [0.25, 0.3) is 0 Å². The predicted octanol–water partition coefficient (Wildman–Crippen LogP) is 0.352. The third-order valence-electron chi connectivity index (χ3n) is 2.55. The van der Waals surface area contributed by atoms with E-state index in [1.807, 2.05) is 18.9 Å². The molecule has 1 aliphatic rings. The van der Waals surface area contributed by atoms with E-state index in [2.05, 4.69) is 12.2 Å². The number of carbonyl (C=O) groups excluding carboxylic acids is 1. The van der Waals surface area contributed by atoms with Gasteiger partial charge in [0.2, 0.25) is 0 Å². The van der Waals surface area contributed by atoms with Crippen molar-refractivity contribution < 1.29 is 4.79 Å². The lowest BCUT2D eigenvalue weighted by molar-refractivity contribution is 0.135. The van der Waals surface area contributed by atoms with Gasteiger partial charge in [-0.1, -0.05) is 0 Å². The zero-order valence-electron chi connectivity index (χ0n) is 8.71. The van der Waals surface area contributed by atoms with Crippen molar-refractivity contribution in [1.29, 1.82) is 0 Å². The molecule has 1 rings (SSSR count). The van der Waals surface area contributed by atoms with Crippen molar-refractivity contribution in [2.75, 3.05) is 33.2 Å². The maximum atomic E-state index is 11.8. The summed E-state index contributed by atoms with van der Waals surface area (Å²) in [6.45, 7) is 7.48. The van der Waals surface area contributed by atoms with Crippen LogP contribution >= 0.6 is 0 Å². The van der Waals surface area contributed by atoms with Gasteiger partial charge in [-0.2, -0.15) is 0 Å². The van der Waals surface area contributed by atoms with Crippen LogP contribution in [0.4, 0.5) is 4.79 Å². The van der Waals surface area contributed by atoms with E-state index in [1.54, 1.807) is 4.90 Å². The molecule has 4 nitrogen and oxygen atoms in total. The van der Waals surface area contributed by atoms with Crippen molar-refractivity contribution in [2.24, 2.45) is 0 Å². The normalized spacial score (nSPS) is 23.0. The molecule has 0 spiro atoms. The molecule has 0 aromatic heterocycles. The molecule has 0 saturated carbocycles. The summed E-state index contributed by atoms with van der Waals surface area (Å²) in [6.07, 6.45) is 0. The largest absolute Gasteiger partial charge is 0.328 e. The highest BCUT2D eigenvalue weighted by Gasteiger charge is 2.24. The van der Waals surface area contributed by atoms with Crippen LogP contribution < -0.4 is 5.32 Å². The number of piperazine rings is 1. The third-order valence-corrected chi connectivity index (χ3v) is 2.55. The van der Waals surface area contributed by atoms with Gasteiger partial charge in [0.25, 0.3) is 0 Å². The Bertz CT molecular complexity index is 184. The van der Waals surface area contributed by atoms with E-state index in [1.165, 1.54) is 0 Å². The Hall–Kier alpha value is -0.770. The molecule has 0 aromatic carbocycles. The van der Waals surface area contributed by atoms with Crippen molar-refractivity contribution >= 4 is 6.03 Å². The first-order valence-corrected chi connectivity index (χ1v) is 4.89. The zero-order valence-corrected chi connectivity index (χ0v) is 8.71. The van der Waals surface area contributed by atoms with E-state index >= 15 is 0 Å². The maximum absolute atomic E-state index is 11.8. The first-order valence-electron chi connectivity index (χ1n) is 4.89. The number of hydrogen-bond donors (Lipinski definition) is 1. The molecule has 1 atom stereocenters. The minimum Gasteiger partial charge on any atom is -0.328 e. The quantitative estimate of drug-likeness (QED) is 0.640. The summed E-state index contributed by atoms with van der Waals surface area (Å²) in [5.74, 6) is 0. The summed E-state index contributed by atoms with van der Waals surface area (Å²) in [4.78, 5) is 15.4. The number of rotatable bonds is 1. The second kappa shape index (κ2) is 4.46. The fraction of sp³-hybridized carbons (Fsp3) is 0.889. The Morgan fingerprint density at radius 3 is 2.92 bits per heavy atom. The van der Waals surface area contributed by atoms with Crippen LogP contribution in [-0.4, -0.2) is 55.1 Å². The molecule has 1 aliphatic heterocycles. The van der Waals surface area contributed by atoms with Gasteiger partial charge >= 0.3 is 6.03 Å². The second-order valence-corrected chi connectivity index (χ2v) is 3.54. The van der Waals surface area contributed by atoms with E-state index in [4.69, 9.17) is 0 Å². The molecule has 0 bridgehead atoms. The number of nitrogens with one attached hydrogen (secondary N) is 1. The van der Waals surface area contributed by atoms with E-state index in [0.29, 0.717) is 6.04 Å². The van der Waals surface area contributed by atoms with Gasteiger partial charge in [-0.3, -0.25) is 0 Å². The van der Waals surface area contributed by atoms with Crippen LogP contribution in [0.3, 0.4) is 0 Å². The van der Waals surface area contributed by atoms with Crippen molar-refractivity contribution in [2.45, 2.75) is 19.9 Å². The lowest BCUT2D eigenvalue weighted by atomic mass is 10.2. The molecule has 0 aliphatic carbocycles. The van der Waals surface area contributed by atoms with Gasteiger partial charge in [-0.25, -0.2) is 4.79 Å². The van der Waals surface area contributed by atoms with Gasteiger partial charge in [0.05, 0.1) is 0 Å². The standard InChI is InChI=1S/C9H19N3O/c1-4-11(3)9(13)12-6-5-10-7-8(12)2/h8,10H,4-7H2,1-3H3/t8-/m0/s1. The fourth-order valence-corrected chi connectivity index (χ4v) is 1.48. The molecule has 4 heteroatoms. The summed E-state index contributed by atoms with van der Waals surface area (Å²) in [7, 11) is 1.84. The first kappa shape index (κ1) is 10.3. The van der Waals surface area contributed by atoms with Crippen molar-refractivity contribution in [1.82, 2.24) is 15.1 Å². The van der Waals surface area contributed by atoms with Crippen molar-refractivity contribution in [3.05, 3.63) is 0 Å². The van der Waals surface area contributed by atoms with E-state index in [0.717, 1.165) is 26.2 Å². The Labute approximate surface area is 79.9 Å². The topological polar surface area (TPSA) is 35.6 Å². The van der Waals surface area contributed by atoms with Gasteiger partial charge in [0, 0.05) is 39.3 Å². The molecule has 1 saturated heterocycles. The zero-order chi connectivity index (χ0) is 9.84. The molecule has 1 heterocycles. The summed E-state index contributed by atoms with van der Waals surface area (Å²) in [5.41, 5.74) is 0. The smallest absolute Gasteiger partial charge is 0.320 e. The minimum absolute atomic E-state index is 0.150. The predicted molar refractivity (Wildman–Crippen MR) is 52.7 cm³/mol. The summed E-state index contributed by atoms with van der Waals surface area (Å²) in [6, 6.07) is 0.465. The number of nitrogens with zero attached hydrogens (tertiary/aromatic N) is 2. The van der Waals surface area contributed by atoms with Gasteiger partial charge in [0.1, 0.15) is 0 Å². The Balaban J connectivity index is 2.53. The third kappa shape index (κ3) is 2.34. The van der Waals surface area contributed by atoms with Gasteiger partial charge in [-0.05, 0) is 13.8 Å². The number of hydrogen-bond acceptors (Lipinski definition) is 2. The average Bonchev–Trinajstić information content (AvgIpc) is 2.16. The molecular weight excluding hydrogens is 166 g/mol. The Morgan fingerprint density at radius 2 is 2.38 bits per heavy atom. The van der Waals surface area contributed by atoms with Gasteiger partial charge in [-0.15, -0.1) is 0 Å². The van der Waals surface area contributed by atoms with Crippen LogP contribution in [0, 0.1) is 0 Å². The molecule has 0 radical (unpaired) electrons. The van der Waals surface area contributed by atoms with Crippen molar-refractivity contribution in [3.8, 4) is 0 Å². The van der Waals surface area contributed by atoms with Crippen molar-refractivity contribution in [3.63, 3.8) is 0 Å². The first-order chi connectivity index (χ1) is 6.16. The molecule has 1 N–H and O–H groups in total. The number of amides is 2. The molecule has 1 fully saturated rings. The average molecular weight is 185 g/mol. The lowest BCUT2D eigenvalue weighted by Gasteiger charge is -2.36. The maximum Gasteiger partial charge on any atom is 0.320 e. The van der Waals surface area contributed by atoms with Gasteiger partial charge in [0.15, 0.2) is 0 Å². The SMILES string of the molecule is CCN(C)C(=O)N1CCNC[C@@H]1C. The number of carbonyl (C=O) groups is 1. The van der Waals surface area contributed by atoms with Gasteiger partial charge < -0.3 is 15.1 Å². The minimum atomic E-state index is 0.150. The van der Waals surface area contributed by atoms with E-state index < -0.39 is 0 Å². The Kier molecular flexibility index (Phi) is 3.54. The molecule has 0 aromatic rings. The molecule has 2 amide bonds. The second-order valence-electron chi connectivity index (χ2n) is 3.54. The van der Waals surface area contributed by atoms with E-state index in [-0.39, 0.29) is 6.03 Å². The highest BCUT2D eigenvalue weighted by atomic mass is 16.2. The molecule has 13 heavy (non-hydrogen) atoms. The summed E-state index contributed by atoms with van der Waals surface area (Å²) in [5, 5.41) is 3.26. The molecular formula is C9H19N3O. The molecule has 76 valence electrons. The summed E-state index contributed by atoms with van der Waals surface area (Å²) >= 11 is 0. The monoisotopic (exact) mass is 185 g/mol. The van der Waals surface area contributed by atoms with Crippen LogP contribution in [0.15, 0.2) is 0 Å². The van der Waals surface area contributed by atoms with Crippen LogP contribution in [0.1, 0.15) is 13.8 Å². The lowest BCUT2D eigenvalue weighted by Crippen LogP contribution is -2.55. The molecule has 0 unspecified atom stereocenters. The number of urea groups is 1. The summed E-state index contributed by atoms with van der Waals surface area (Å²) < 4.78 is 0. The van der Waals surface area contributed by atoms with E-state index in [9.17, 15) is 4.79 Å².